The SMILES string of the molecule is CC1(CO)CCc2c(cccc2C(F)(F)F)N1. The third-order valence-corrected chi connectivity index (χ3v) is 3.19. The number of benzene rings is 1. The van der Waals surface area contributed by atoms with Crippen LogP contribution in [0.3, 0.4) is 0 Å². The Morgan fingerprint density at radius 1 is 1.41 bits per heavy atom. The molecule has 5 heteroatoms. The zero-order valence-electron chi connectivity index (χ0n) is 9.43. The lowest BCUT2D eigenvalue weighted by molar-refractivity contribution is -0.138. The first-order valence-corrected chi connectivity index (χ1v) is 5.44. The van der Waals surface area contributed by atoms with Crippen LogP contribution in [-0.4, -0.2) is 17.3 Å². The fourth-order valence-corrected chi connectivity index (χ4v) is 2.15. The summed E-state index contributed by atoms with van der Waals surface area (Å²) in [6.07, 6.45) is -3.50. The van der Waals surface area contributed by atoms with Gasteiger partial charge in [0.15, 0.2) is 0 Å². The van der Waals surface area contributed by atoms with Crippen molar-refractivity contribution >= 4 is 5.69 Å². The van der Waals surface area contributed by atoms with E-state index in [4.69, 9.17) is 0 Å². The van der Waals surface area contributed by atoms with E-state index in [1.807, 2.05) is 0 Å². The van der Waals surface area contributed by atoms with Crippen LogP contribution < -0.4 is 5.32 Å². The van der Waals surface area contributed by atoms with E-state index in [1.165, 1.54) is 6.07 Å². The lowest BCUT2D eigenvalue weighted by Crippen LogP contribution is -2.42. The summed E-state index contributed by atoms with van der Waals surface area (Å²) in [6.45, 7) is 1.71. The van der Waals surface area contributed by atoms with Gasteiger partial charge >= 0.3 is 6.18 Å². The van der Waals surface area contributed by atoms with Gasteiger partial charge in [-0.1, -0.05) is 6.07 Å². The third-order valence-electron chi connectivity index (χ3n) is 3.19. The second kappa shape index (κ2) is 3.91. The van der Waals surface area contributed by atoms with Crippen molar-refractivity contribution < 1.29 is 18.3 Å². The molecule has 1 aromatic rings. The Labute approximate surface area is 97.5 Å². The van der Waals surface area contributed by atoms with Gasteiger partial charge in [0.05, 0.1) is 17.7 Å². The largest absolute Gasteiger partial charge is 0.416 e. The van der Waals surface area contributed by atoms with E-state index in [0.717, 1.165) is 6.07 Å². The number of anilines is 1. The van der Waals surface area contributed by atoms with E-state index in [9.17, 15) is 18.3 Å². The highest BCUT2D eigenvalue weighted by Gasteiger charge is 2.37. The highest BCUT2D eigenvalue weighted by atomic mass is 19.4. The topological polar surface area (TPSA) is 32.3 Å². The Balaban J connectivity index is 2.43. The number of nitrogens with one attached hydrogen (secondary N) is 1. The van der Waals surface area contributed by atoms with E-state index in [-0.39, 0.29) is 6.61 Å². The van der Waals surface area contributed by atoms with Gasteiger partial charge in [-0.3, -0.25) is 0 Å². The van der Waals surface area contributed by atoms with Gasteiger partial charge in [0.2, 0.25) is 0 Å². The summed E-state index contributed by atoms with van der Waals surface area (Å²) in [5, 5.41) is 12.2. The smallest absolute Gasteiger partial charge is 0.394 e. The predicted molar refractivity (Wildman–Crippen MR) is 58.9 cm³/mol. The van der Waals surface area contributed by atoms with E-state index >= 15 is 0 Å². The first kappa shape index (κ1) is 12.2. The quantitative estimate of drug-likeness (QED) is 0.797. The molecule has 1 aliphatic rings. The summed E-state index contributed by atoms with van der Waals surface area (Å²) in [6, 6.07) is 4.11. The molecule has 0 radical (unpaired) electrons. The predicted octanol–water partition coefficient (Wildman–Crippen LogP) is 2.81. The van der Waals surface area contributed by atoms with E-state index < -0.39 is 17.3 Å². The molecule has 2 rings (SSSR count). The number of rotatable bonds is 1. The number of aliphatic hydroxyl groups is 1. The minimum Gasteiger partial charge on any atom is -0.394 e. The number of halogens is 3. The Bertz CT molecular complexity index is 430. The van der Waals surface area contributed by atoms with Crippen LogP contribution in [0.2, 0.25) is 0 Å². The van der Waals surface area contributed by atoms with Crippen molar-refractivity contribution in [2.24, 2.45) is 0 Å². The molecule has 2 nitrogen and oxygen atoms in total. The molecule has 94 valence electrons. The second-order valence-electron chi connectivity index (χ2n) is 4.67. The zero-order valence-corrected chi connectivity index (χ0v) is 9.43. The van der Waals surface area contributed by atoms with Crippen molar-refractivity contribution in [3.63, 3.8) is 0 Å². The first-order valence-electron chi connectivity index (χ1n) is 5.44. The molecule has 1 heterocycles. The molecule has 0 fully saturated rings. The van der Waals surface area contributed by atoms with Crippen molar-refractivity contribution in [2.45, 2.75) is 31.5 Å². The lowest BCUT2D eigenvalue weighted by atomic mass is 9.86. The van der Waals surface area contributed by atoms with Gasteiger partial charge in [-0.2, -0.15) is 13.2 Å². The molecule has 0 aromatic heterocycles. The number of hydrogen-bond acceptors (Lipinski definition) is 2. The van der Waals surface area contributed by atoms with Crippen LogP contribution in [0, 0.1) is 0 Å². The molecule has 17 heavy (non-hydrogen) atoms. The highest BCUT2D eigenvalue weighted by molar-refractivity contribution is 5.59. The number of fused-ring (bicyclic) bond motifs is 1. The number of hydrogen-bond donors (Lipinski definition) is 2. The molecule has 2 N–H and O–H groups in total. The van der Waals surface area contributed by atoms with Crippen molar-refractivity contribution in [3.8, 4) is 0 Å². The molecule has 1 aliphatic heterocycles. The van der Waals surface area contributed by atoms with Gasteiger partial charge in [-0.15, -0.1) is 0 Å². The fourth-order valence-electron chi connectivity index (χ4n) is 2.15. The molecule has 0 amide bonds. The van der Waals surface area contributed by atoms with Gasteiger partial charge in [0, 0.05) is 5.69 Å². The maximum Gasteiger partial charge on any atom is 0.416 e. The molecule has 1 aromatic carbocycles. The summed E-state index contributed by atoms with van der Waals surface area (Å²) in [5.41, 5.74) is -0.340. The van der Waals surface area contributed by atoms with Crippen molar-refractivity contribution in [2.75, 3.05) is 11.9 Å². The summed E-state index contributed by atoms with van der Waals surface area (Å²) in [4.78, 5) is 0. The molecule has 0 aliphatic carbocycles. The van der Waals surface area contributed by atoms with Gasteiger partial charge in [-0.05, 0) is 37.5 Å². The van der Waals surface area contributed by atoms with Crippen LogP contribution >= 0.6 is 0 Å². The van der Waals surface area contributed by atoms with Crippen LogP contribution in [0.1, 0.15) is 24.5 Å². The van der Waals surface area contributed by atoms with E-state index in [2.05, 4.69) is 5.32 Å². The van der Waals surface area contributed by atoms with Crippen molar-refractivity contribution in [3.05, 3.63) is 29.3 Å². The van der Waals surface area contributed by atoms with Crippen LogP contribution in [0.4, 0.5) is 18.9 Å². The monoisotopic (exact) mass is 245 g/mol. The Hall–Kier alpha value is -1.23. The third kappa shape index (κ3) is 2.24. The molecule has 0 saturated heterocycles. The second-order valence-corrected chi connectivity index (χ2v) is 4.67. The van der Waals surface area contributed by atoms with Crippen molar-refractivity contribution in [1.82, 2.24) is 0 Å². The minimum atomic E-state index is -4.32. The Morgan fingerprint density at radius 3 is 2.71 bits per heavy atom. The number of alkyl halides is 3. The summed E-state index contributed by atoms with van der Waals surface area (Å²) in [5.74, 6) is 0. The maximum absolute atomic E-state index is 12.8. The molecular formula is C12H14F3NO. The van der Waals surface area contributed by atoms with Gasteiger partial charge in [-0.25, -0.2) is 0 Å². The van der Waals surface area contributed by atoms with Crippen LogP contribution in [0.5, 0.6) is 0 Å². The molecule has 0 saturated carbocycles. The normalized spacial score (nSPS) is 24.1. The minimum absolute atomic E-state index is 0.0946. The summed E-state index contributed by atoms with van der Waals surface area (Å²) < 4.78 is 38.3. The zero-order chi connectivity index (χ0) is 12.7. The van der Waals surface area contributed by atoms with Crippen LogP contribution in [0.25, 0.3) is 0 Å². The molecule has 1 atom stereocenters. The molecule has 1 unspecified atom stereocenters. The maximum atomic E-state index is 12.8. The fraction of sp³-hybridized carbons (Fsp3) is 0.500. The number of aliphatic hydroxyl groups excluding tert-OH is 1. The molecular weight excluding hydrogens is 231 g/mol. The lowest BCUT2D eigenvalue weighted by Gasteiger charge is -2.36. The Morgan fingerprint density at radius 2 is 2.12 bits per heavy atom. The van der Waals surface area contributed by atoms with Crippen LogP contribution in [0.15, 0.2) is 18.2 Å². The summed E-state index contributed by atoms with van der Waals surface area (Å²) >= 11 is 0. The highest BCUT2D eigenvalue weighted by Crippen LogP contribution is 2.39. The standard InChI is InChI=1S/C12H14F3NO/c1-11(7-17)6-5-8-9(12(13,14)15)3-2-4-10(8)16-11/h2-4,16-17H,5-7H2,1H3. The Kier molecular flexibility index (Phi) is 2.81. The molecule has 0 spiro atoms. The van der Waals surface area contributed by atoms with E-state index in [0.29, 0.717) is 24.1 Å². The van der Waals surface area contributed by atoms with Gasteiger partial charge in [0.1, 0.15) is 0 Å². The van der Waals surface area contributed by atoms with Gasteiger partial charge in [0.25, 0.3) is 0 Å². The van der Waals surface area contributed by atoms with Gasteiger partial charge < -0.3 is 10.4 Å². The van der Waals surface area contributed by atoms with E-state index in [1.54, 1.807) is 13.0 Å². The average Bonchev–Trinajstić information content (AvgIpc) is 2.26. The van der Waals surface area contributed by atoms with Crippen LogP contribution in [-0.2, 0) is 12.6 Å². The molecule has 0 bridgehead atoms. The average molecular weight is 245 g/mol. The first-order chi connectivity index (χ1) is 7.86. The van der Waals surface area contributed by atoms with Crippen molar-refractivity contribution in [1.29, 1.82) is 0 Å². The summed E-state index contributed by atoms with van der Waals surface area (Å²) in [7, 11) is 0.